The van der Waals surface area contributed by atoms with E-state index in [9.17, 15) is 4.79 Å². The van der Waals surface area contributed by atoms with Crippen molar-refractivity contribution >= 4 is 17.5 Å². The molecule has 0 saturated carbocycles. The largest absolute Gasteiger partial charge is 0.355 e. The third-order valence-electron chi connectivity index (χ3n) is 4.58. The van der Waals surface area contributed by atoms with E-state index in [1.807, 2.05) is 25.6 Å². The Balaban J connectivity index is 1.59. The highest BCUT2D eigenvalue weighted by atomic mass is 16.1. The molecule has 7 heteroatoms. The Morgan fingerprint density at radius 2 is 2.00 bits per heavy atom. The molecular weight excluding hydrogens is 304 g/mol. The van der Waals surface area contributed by atoms with Gasteiger partial charge in [0.15, 0.2) is 5.82 Å². The van der Waals surface area contributed by atoms with Crippen molar-refractivity contribution in [3.63, 3.8) is 0 Å². The first-order valence-corrected chi connectivity index (χ1v) is 8.40. The number of aryl methyl sites for hydroxylation is 2. The van der Waals surface area contributed by atoms with E-state index in [0.717, 1.165) is 35.9 Å². The van der Waals surface area contributed by atoms with Crippen molar-refractivity contribution < 1.29 is 4.79 Å². The average Bonchev–Trinajstić information content (AvgIpc) is 3.16. The molecule has 1 N–H and O–H groups in total. The van der Waals surface area contributed by atoms with E-state index in [0.29, 0.717) is 18.7 Å². The van der Waals surface area contributed by atoms with Gasteiger partial charge in [-0.05, 0) is 38.7 Å². The van der Waals surface area contributed by atoms with Crippen LogP contribution in [0.4, 0.5) is 11.6 Å². The fourth-order valence-corrected chi connectivity index (χ4v) is 3.14. The number of amides is 1. The number of aromatic nitrogens is 4. The van der Waals surface area contributed by atoms with Crippen molar-refractivity contribution in [2.75, 3.05) is 23.3 Å². The Labute approximate surface area is 142 Å². The SMILES string of the molecule is Cc1nn(C)c(C)c1CCC(=O)Nc1cncc(N2CCCC2)n1. The summed E-state index contributed by atoms with van der Waals surface area (Å²) in [5.41, 5.74) is 3.24. The lowest BCUT2D eigenvalue weighted by atomic mass is 10.1. The molecule has 1 fully saturated rings. The Morgan fingerprint density at radius 3 is 2.67 bits per heavy atom. The predicted molar refractivity (Wildman–Crippen MR) is 93.1 cm³/mol. The minimum absolute atomic E-state index is 0.0504. The summed E-state index contributed by atoms with van der Waals surface area (Å²) in [7, 11) is 1.92. The van der Waals surface area contributed by atoms with Gasteiger partial charge < -0.3 is 10.2 Å². The summed E-state index contributed by atoms with van der Waals surface area (Å²) < 4.78 is 1.85. The van der Waals surface area contributed by atoms with Crippen molar-refractivity contribution in [1.29, 1.82) is 0 Å². The number of nitrogens with zero attached hydrogens (tertiary/aromatic N) is 5. The van der Waals surface area contributed by atoms with Crippen LogP contribution in [0.25, 0.3) is 0 Å². The molecule has 3 rings (SSSR count). The van der Waals surface area contributed by atoms with E-state index in [2.05, 4.69) is 25.3 Å². The Morgan fingerprint density at radius 1 is 1.25 bits per heavy atom. The number of hydrogen-bond acceptors (Lipinski definition) is 5. The normalized spacial score (nSPS) is 14.2. The van der Waals surface area contributed by atoms with Crippen molar-refractivity contribution in [3.8, 4) is 0 Å². The number of carbonyl (C=O) groups excluding carboxylic acids is 1. The number of rotatable bonds is 5. The molecule has 0 unspecified atom stereocenters. The van der Waals surface area contributed by atoms with Gasteiger partial charge in [0, 0.05) is 32.3 Å². The van der Waals surface area contributed by atoms with Crippen LogP contribution in [0.1, 0.15) is 36.2 Å². The van der Waals surface area contributed by atoms with Crippen LogP contribution in [0.2, 0.25) is 0 Å². The molecule has 0 radical (unpaired) electrons. The van der Waals surface area contributed by atoms with Crippen LogP contribution in [0.3, 0.4) is 0 Å². The molecule has 2 aromatic heterocycles. The smallest absolute Gasteiger partial charge is 0.225 e. The molecule has 128 valence electrons. The summed E-state index contributed by atoms with van der Waals surface area (Å²) in [6.45, 7) is 6.01. The fourth-order valence-electron chi connectivity index (χ4n) is 3.14. The van der Waals surface area contributed by atoms with Crippen LogP contribution < -0.4 is 10.2 Å². The second-order valence-electron chi connectivity index (χ2n) is 6.28. The van der Waals surface area contributed by atoms with E-state index in [4.69, 9.17) is 0 Å². The monoisotopic (exact) mass is 328 g/mol. The Kier molecular flexibility index (Phi) is 4.78. The van der Waals surface area contributed by atoms with Crippen molar-refractivity contribution in [2.24, 2.45) is 7.05 Å². The zero-order valence-electron chi connectivity index (χ0n) is 14.5. The highest BCUT2D eigenvalue weighted by Crippen LogP contribution is 2.18. The quantitative estimate of drug-likeness (QED) is 0.908. The molecule has 1 aliphatic rings. The molecular formula is C17H24N6O. The first kappa shape index (κ1) is 16.4. The number of hydrogen-bond donors (Lipinski definition) is 1. The standard InChI is InChI=1S/C17H24N6O/c1-12-14(13(2)22(3)21-12)6-7-17(24)20-15-10-18-11-16(19-15)23-8-4-5-9-23/h10-11H,4-9H2,1-3H3,(H,19,20,24). The minimum Gasteiger partial charge on any atom is -0.355 e. The highest BCUT2D eigenvalue weighted by molar-refractivity contribution is 5.89. The summed E-state index contributed by atoms with van der Waals surface area (Å²) in [6, 6.07) is 0. The van der Waals surface area contributed by atoms with Gasteiger partial charge in [-0.3, -0.25) is 14.5 Å². The maximum atomic E-state index is 12.2. The summed E-state index contributed by atoms with van der Waals surface area (Å²) in [5.74, 6) is 1.30. The zero-order chi connectivity index (χ0) is 17.1. The third kappa shape index (κ3) is 3.55. The van der Waals surface area contributed by atoms with E-state index < -0.39 is 0 Å². The molecule has 24 heavy (non-hydrogen) atoms. The molecule has 2 aromatic rings. The minimum atomic E-state index is -0.0504. The highest BCUT2D eigenvalue weighted by Gasteiger charge is 2.15. The first-order chi connectivity index (χ1) is 11.5. The van der Waals surface area contributed by atoms with E-state index in [1.54, 1.807) is 12.4 Å². The summed E-state index contributed by atoms with van der Waals surface area (Å²) >= 11 is 0. The second-order valence-corrected chi connectivity index (χ2v) is 6.28. The topological polar surface area (TPSA) is 75.9 Å². The molecule has 0 aromatic carbocycles. The lowest BCUT2D eigenvalue weighted by molar-refractivity contribution is -0.116. The average molecular weight is 328 g/mol. The van der Waals surface area contributed by atoms with Crippen LogP contribution in [0.5, 0.6) is 0 Å². The van der Waals surface area contributed by atoms with Crippen molar-refractivity contribution in [2.45, 2.75) is 39.5 Å². The summed E-state index contributed by atoms with van der Waals surface area (Å²) in [4.78, 5) is 23.1. The van der Waals surface area contributed by atoms with Crippen molar-refractivity contribution in [3.05, 3.63) is 29.3 Å². The van der Waals surface area contributed by atoms with Gasteiger partial charge >= 0.3 is 0 Å². The lowest BCUT2D eigenvalue weighted by Crippen LogP contribution is -2.20. The molecule has 0 atom stereocenters. The molecule has 1 saturated heterocycles. The van der Waals surface area contributed by atoms with Crippen LogP contribution in [-0.2, 0) is 18.3 Å². The van der Waals surface area contributed by atoms with Gasteiger partial charge in [-0.1, -0.05) is 0 Å². The van der Waals surface area contributed by atoms with Gasteiger partial charge in [0.2, 0.25) is 5.91 Å². The van der Waals surface area contributed by atoms with E-state index in [1.165, 1.54) is 12.8 Å². The van der Waals surface area contributed by atoms with Gasteiger partial charge in [0.05, 0.1) is 18.1 Å². The van der Waals surface area contributed by atoms with Crippen LogP contribution in [-0.4, -0.2) is 38.7 Å². The molecule has 0 bridgehead atoms. The molecule has 7 nitrogen and oxygen atoms in total. The fraction of sp³-hybridized carbons (Fsp3) is 0.529. The number of anilines is 2. The maximum Gasteiger partial charge on any atom is 0.225 e. The predicted octanol–water partition coefficient (Wildman–Crippen LogP) is 2.00. The van der Waals surface area contributed by atoms with Crippen LogP contribution in [0, 0.1) is 13.8 Å². The van der Waals surface area contributed by atoms with E-state index in [-0.39, 0.29) is 5.91 Å². The lowest BCUT2D eigenvalue weighted by Gasteiger charge is -2.16. The van der Waals surface area contributed by atoms with Gasteiger partial charge in [-0.2, -0.15) is 5.10 Å². The first-order valence-electron chi connectivity index (χ1n) is 8.40. The Bertz CT molecular complexity index is 733. The zero-order valence-corrected chi connectivity index (χ0v) is 14.5. The van der Waals surface area contributed by atoms with Gasteiger partial charge in [0.1, 0.15) is 5.82 Å². The molecule has 3 heterocycles. The summed E-state index contributed by atoms with van der Waals surface area (Å²) in [5, 5.41) is 7.24. The van der Waals surface area contributed by atoms with Gasteiger partial charge in [-0.15, -0.1) is 0 Å². The summed E-state index contributed by atoms with van der Waals surface area (Å²) in [6.07, 6.45) is 6.80. The molecule has 0 aliphatic carbocycles. The Hall–Kier alpha value is -2.44. The van der Waals surface area contributed by atoms with Gasteiger partial charge in [-0.25, -0.2) is 4.98 Å². The molecule has 1 amide bonds. The second kappa shape index (κ2) is 6.98. The number of carbonyl (C=O) groups is 1. The number of nitrogens with one attached hydrogen (secondary N) is 1. The van der Waals surface area contributed by atoms with Crippen LogP contribution >= 0.6 is 0 Å². The van der Waals surface area contributed by atoms with Gasteiger partial charge in [0.25, 0.3) is 0 Å². The third-order valence-corrected chi connectivity index (χ3v) is 4.58. The molecule has 1 aliphatic heterocycles. The maximum absolute atomic E-state index is 12.2. The van der Waals surface area contributed by atoms with Crippen molar-refractivity contribution in [1.82, 2.24) is 19.7 Å². The van der Waals surface area contributed by atoms with Crippen LogP contribution in [0.15, 0.2) is 12.4 Å². The van der Waals surface area contributed by atoms with E-state index >= 15 is 0 Å². The molecule has 0 spiro atoms.